The van der Waals surface area contributed by atoms with E-state index in [1.165, 1.54) is 11.3 Å². The van der Waals surface area contributed by atoms with E-state index in [0.29, 0.717) is 18.2 Å². The molecule has 5 heteroatoms. The number of rotatable bonds is 2. The molecular weight excluding hydrogens is 290 g/mol. The molecule has 1 saturated carbocycles. The molecule has 1 aromatic carbocycles. The Morgan fingerprint density at radius 1 is 1.30 bits per heavy atom. The van der Waals surface area contributed by atoms with E-state index in [1.807, 2.05) is 23.1 Å². The molecule has 5 nitrogen and oxygen atoms in total. The van der Waals surface area contributed by atoms with Crippen molar-refractivity contribution in [2.24, 2.45) is 0 Å². The zero-order valence-corrected chi connectivity index (χ0v) is 13.5. The normalized spacial score (nSPS) is 21.0. The van der Waals surface area contributed by atoms with Crippen molar-refractivity contribution in [3.8, 4) is 0 Å². The summed E-state index contributed by atoms with van der Waals surface area (Å²) >= 11 is 0. The van der Waals surface area contributed by atoms with Crippen LogP contribution in [0.4, 0.5) is 5.69 Å². The van der Waals surface area contributed by atoms with E-state index >= 15 is 0 Å². The van der Waals surface area contributed by atoms with Gasteiger partial charge in [-0.2, -0.15) is 0 Å². The molecule has 1 aliphatic heterocycles. The van der Waals surface area contributed by atoms with Crippen molar-refractivity contribution < 1.29 is 9.32 Å². The van der Waals surface area contributed by atoms with Crippen LogP contribution in [-0.4, -0.2) is 35.6 Å². The van der Waals surface area contributed by atoms with Crippen molar-refractivity contribution in [1.82, 2.24) is 10.1 Å². The minimum absolute atomic E-state index is 0.0433. The van der Waals surface area contributed by atoms with Gasteiger partial charge < -0.3 is 14.3 Å². The maximum absolute atomic E-state index is 12.9. The van der Waals surface area contributed by atoms with Gasteiger partial charge in [0.05, 0.1) is 0 Å². The fourth-order valence-corrected chi connectivity index (χ4v) is 3.32. The summed E-state index contributed by atoms with van der Waals surface area (Å²) in [6.07, 6.45) is 2.28. The highest BCUT2D eigenvalue weighted by Crippen LogP contribution is 2.40. The number of carbonyl (C=O) groups excluding carboxylic acids is 1. The Bertz CT molecular complexity index is 735. The Hall–Kier alpha value is -2.30. The number of likely N-dealkylation sites (N-methyl/N-ethyl adjacent to an activating group) is 1. The molecule has 120 valence electrons. The molecule has 2 heterocycles. The van der Waals surface area contributed by atoms with Crippen LogP contribution in [0, 0.1) is 0 Å². The van der Waals surface area contributed by atoms with Gasteiger partial charge in [-0.15, -0.1) is 0 Å². The van der Waals surface area contributed by atoms with E-state index in [1.54, 1.807) is 0 Å². The van der Waals surface area contributed by atoms with E-state index in [4.69, 9.17) is 4.52 Å². The number of hydrogen-bond donors (Lipinski definition) is 0. The SMILES string of the molecule is C[C@H]1CN(C)c2ccccc2CN1C(=O)c1cc(C2CC2)on1. The van der Waals surface area contributed by atoms with Crippen LogP contribution in [0.25, 0.3) is 0 Å². The van der Waals surface area contributed by atoms with Crippen LogP contribution < -0.4 is 4.90 Å². The van der Waals surface area contributed by atoms with Gasteiger partial charge in [0.15, 0.2) is 5.69 Å². The van der Waals surface area contributed by atoms with Gasteiger partial charge in [0.1, 0.15) is 5.76 Å². The predicted molar refractivity (Wildman–Crippen MR) is 87.5 cm³/mol. The molecule has 23 heavy (non-hydrogen) atoms. The lowest BCUT2D eigenvalue weighted by molar-refractivity contribution is 0.0676. The molecule has 0 bridgehead atoms. The Morgan fingerprint density at radius 2 is 2.09 bits per heavy atom. The van der Waals surface area contributed by atoms with Crippen LogP contribution in [0.2, 0.25) is 0 Å². The van der Waals surface area contributed by atoms with Crippen LogP contribution in [-0.2, 0) is 6.54 Å². The number of aromatic nitrogens is 1. The average Bonchev–Trinajstić information content (AvgIpc) is 3.30. The first-order chi connectivity index (χ1) is 11.1. The van der Waals surface area contributed by atoms with Gasteiger partial charge in [-0.05, 0) is 31.4 Å². The summed E-state index contributed by atoms with van der Waals surface area (Å²) in [6, 6.07) is 10.2. The molecule has 0 unspecified atom stereocenters. The van der Waals surface area contributed by atoms with Gasteiger partial charge in [-0.25, -0.2) is 0 Å². The molecule has 1 aliphatic carbocycles. The first kappa shape index (κ1) is 14.3. The highest BCUT2D eigenvalue weighted by molar-refractivity contribution is 5.92. The number of hydrogen-bond acceptors (Lipinski definition) is 4. The van der Waals surface area contributed by atoms with Gasteiger partial charge in [-0.1, -0.05) is 23.4 Å². The minimum atomic E-state index is -0.0433. The number of amides is 1. The summed E-state index contributed by atoms with van der Waals surface area (Å²) in [5.41, 5.74) is 2.79. The number of benzene rings is 1. The van der Waals surface area contributed by atoms with Crippen molar-refractivity contribution in [2.45, 2.75) is 38.3 Å². The smallest absolute Gasteiger partial charge is 0.276 e. The molecule has 0 spiro atoms. The quantitative estimate of drug-likeness (QED) is 0.855. The standard InChI is InChI=1S/C18H21N3O2/c1-12-10-20(2)16-6-4-3-5-14(16)11-21(12)18(22)15-9-17(23-19-15)13-7-8-13/h3-6,9,12-13H,7-8,10-11H2,1-2H3/t12-/m0/s1. The third-order valence-electron chi connectivity index (χ3n) is 4.80. The molecular formula is C18H21N3O2. The number of anilines is 1. The minimum Gasteiger partial charge on any atom is -0.372 e. The summed E-state index contributed by atoms with van der Waals surface area (Å²) < 4.78 is 5.35. The Kier molecular flexibility index (Phi) is 3.36. The molecule has 1 amide bonds. The van der Waals surface area contributed by atoms with E-state index in [-0.39, 0.29) is 11.9 Å². The van der Waals surface area contributed by atoms with E-state index in [9.17, 15) is 4.79 Å². The van der Waals surface area contributed by atoms with Crippen LogP contribution in [0.5, 0.6) is 0 Å². The first-order valence-corrected chi connectivity index (χ1v) is 8.20. The summed E-state index contributed by atoms with van der Waals surface area (Å²) in [5.74, 6) is 1.28. The Labute approximate surface area is 135 Å². The number of para-hydroxylation sites is 1. The van der Waals surface area contributed by atoms with E-state index in [0.717, 1.165) is 25.1 Å². The maximum Gasteiger partial charge on any atom is 0.276 e. The second-order valence-electron chi connectivity index (χ2n) is 6.68. The van der Waals surface area contributed by atoms with Gasteiger partial charge in [0.25, 0.3) is 5.91 Å². The Balaban J connectivity index is 1.62. The van der Waals surface area contributed by atoms with Crippen LogP contribution in [0.1, 0.15) is 47.5 Å². The lowest BCUT2D eigenvalue weighted by atomic mass is 10.1. The van der Waals surface area contributed by atoms with E-state index < -0.39 is 0 Å². The molecule has 4 rings (SSSR count). The number of fused-ring (bicyclic) bond motifs is 1. The molecule has 1 aromatic heterocycles. The number of carbonyl (C=O) groups is 1. The van der Waals surface area contributed by atoms with Gasteiger partial charge >= 0.3 is 0 Å². The van der Waals surface area contributed by atoms with Gasteiger partial charge in [0, 0.05) is 43.9 Å². The van der Waals surface area contributed by atoms with Crippen LogP contribution in [0.15, 0.2) is 34.9 Å². The van der Waals surface area contributed by atoms with Crippen LogP contribution in [0.3, 0.4) is 0 Å². The fraction of sp³-hybridized carbons (Fsp3) is 0.444. The van der Waals surface area contributed by atoms with Crippen molar-refractivity contribution in [3.63, 3.8) is 0 Å². The second-order valence-corrected chi connectivity index (χ2v) is 6.68. The first-order valence-electron chi connectivity index (χ1n) is 8.20. The number of nitrogens with zero attached hydrogens (tertiary/aromatic N) is 3. The lowest BCUT2D eigenvalue weighted by Gasteiger charge is -2.27. The topological polar surface area (TPSA) is 49.6 Å². The predicted octanol–water partition coefficient (Wildman–Crippen LogP) is 3.03. The molecule has 0 radical (unpaired) electrons. The summed E-state index contributed by atoms with van der Waals surface area (Å²) in [4.78, 5) is 17.0. The van der Waals surface area contributed by atoms with Gasteiger partial charge in [0.2, 0.25) is 0 Å². The molecule has 0 saturated heterocycles. The summed E-state index contributed by atoms with van der Waals surface area (Å²) in [5, 5.41) is 4.01. The van der Waals surface area contributed by atoms with Crippen molar-refractivity contribution in [1.29, 1.82) is 0 Å². The van der Waals surface area contributed by atoms with Gasteiger partial charge in [-0.3, -0.25) is 4.79 Å². The molecule has 2 aliphatic rings. The molecule has 2 aromatic rings. The third kappa shape index (κ3) is 2.60. The third-order valence-corrected chi connectivity index (χ3v) is 4.80. The lowest BCUT2D eigenvalue weighted by Crippen LogP contribution is -2.42. The largest absolute Gasteiger partial charge is 0.372 e. The van der Waals surface area contributed by atoms with Crippen molar-refractivity contribution >= 4 is 11.6 Å². The zero-order chi connectivity index (χ0) is 16.0. The van der Waals surface area contributed by atoms with Crippen LogP contribution >= 0.6 is 0 Å². The van der Waals surface area contributed by atoms with E-state index in [2.05, 4.69) is 36.2 Å². The molecule has 0 N–H and O–H groups in total. The zero-order valence-electron chi connectivity index (χ0n) is 13.5. The average molecular weight is 311 g/mol. The fourth-order valence-electron chi connectivity index (χ4n) is 3.32. The highest BCUT2D eigenvalue weighted by Gasteiger charge is 2.32. The summed E-state index contributed by atoms with van der Waals surface area (Å²) in [7, 11) is 2.07. The van der Waals surface area contributed by atoms with Crippen molar-refractivity contribution in [2.75, 3.05) is 18.5 Å². The highest BCUT2D eigenvalue weighted by atomic mass is 16.5. The second kappa shape index (κ2) is 5.41. The summed E-state index contributed by atoms with van der Waals surface area (Å²) in [6.45, 7) is 3.49. The molecule has 1 atom stereocenters. The molecule has 1 fully saturated rings. The monoisotopic (exact) mass is 311 g/mol. The maximum atomic E-state index is 12.9. The van der Waals surface area contributed by atoms with Crippen molar-refractivity contribution in [3.05, 3.63) is 47.3 Å². The Morgan fingerprint density at radius 3 is 2.87 bits per heavy atom.